The van der Waals surface area contributed by atoms with Crippen LogP contribution in [0.1, 0.15) is 41.1 Å². The molecule has 5 rings (SSSR count). The zero-order valence-corrected chi connectivity index (χ0v) is 21.4. The Kier molecular flexibility index (Phi) is 6.91. The monoisotopic (exact) mass is 497 g/mol. The van der Waals surface area contributed by atoms with Crippen molar-refractivity contribution in [1.82, 2.24) is 19.8 Å². The van der Waals surface area contributed by atoms with Crippen molar-refractivity contribution < 1.29 is 5.11 Å². The summed E-state index contributed by atoms with van der Waals surface area (Å²) in [5, 5.41) is 17.6. The Bertz CT molecular complexity index is 1320. The SMILES string of the molecule is Cc1cc([C@@H]2[C@@H](c3ccccn3)NC(=S)N2CCCNc2ccccc2)c(C)n1-c1ccc(O)cc1. The highest BCUT2D eigenvalue weighted by Gasteiger charge is 2.41. The summed E-state index contributed by atoms with van der Waals surface area (Å²) in [6.45, 7) is 5.95. The van der Waals surface area contributed by atoms with Gasteiger partial charge in [0.2, 0.25) is 0 Å². The number of thiocarbonyl (C=S) groups is 1. The van der Waals surface area contributed by atoms with Gasteiger partial charge in [0, 0.05) is 42.0 Å². The maximum absolute atomic E-state index is 9.77. The van der Waals surface area contributed by atoms with Crippen LogP contribution in [-0.2, 0) is 0 Å². The van der Waals surface area contributed by atoms with Crippen molar-refractivity contribution in [3.63, 3.8) is 0 Å². The number of para-hydroxylation sites is 1. The van der Waals surface area contributed by atoms with E-state index in [9.17, 15) is 5.11 Å². The molecule has 2 aromatic heterocycles. The van der Waals surface area contributed by atoms with Gasteiger partial charge in [-0.3, -0.25) is 4.98 Å². The molecule has 0 amide bonds. The maximum atomic E-state index is 9.77. The molecule has 0 radical (unpaired) electrons. The number of aromatic nitrogens is 2. The van der Waals surface area contributed by atoms with Gasteiger partial charge >= 0.3 is 0 Å². The number of rotatable bonds is 8. The first-order valence-corrected chi connectivity index (χ1v) is 12.7. The predicted molar refractivity (Wildman–Crippen MR) is 149 cm³/mol. The molecule has 6 nitrogen and oxygen atoms in total. The molecule has 1 fully saturated rings. The highest BCUT2D eigenvalue weighted by molar-refractivity contribution is 7.80. The van der Waals surface area contributed by atoms with Gasteiger partial charge in [-0.25, -0.2) is 0 Å². The van der Waals surface area contributed by atoms with Gasteiger partial charge in [-0.1, -0.05) is 24.3 Å². The molecule has 0 bridgehead atoms. The summed E-state index contributed by atoms with van der Waals surface area (Å²) >= 11 is 5.86. The second-order valence-corrected chi connectivity index (χ2v) is 9.53. The zero-order valence-electron chi connectivity index (χ0n) is 20.6. The fourth-order valence-electron chi connectivity index (χ4n) is 5.11. The van der Waals surface area contributed by atoms with E-state index in [-0.39, 0.29) is 17.8 Å². The summed E-state index contributed by atoms with van der Waals surface area (Å²) in [6, 6.07) is 25.9. The van der Waals surface area contributed by atoms with Crippen molar-refractivity contribution in [3.8, 4) is 11.4 Å². The number of hydrogen-bond donors (Lipinski definition) is 3. The minimum absolute atomic E-state index is 0.0150. The fourth-order valence-corrected chi connectivity index (χ4v) is 5.44. The van der Waals surface area contributed by atoms with Gasteiger partial charge in [-0.05, 0) is 92.6 Å². The van der Waals surface area contributed by atoms with Crippen LogP contribution >= 0.6 is 12.2 Å². The molecule has 36 heavy (non-hydrogen) atoms. The Labute approximate surface area is 217 Å². The lowest BCUT2D eigenvalue weighted by atomic mass is 9.96. The molecule has 0 aliphatic carbocycles. The average Bonchev–Trinajstić information content (AvgIpc) is 3.38. The standard InChI is InChI=1S/C29H31N5OS/c1-20-19-25(21(2)34(20)23-12-14-24(35)15-13-23)28-27(26-11-6-7-16-31-26)32-29(36)33(28)18-8-17-30-22-9-4-3-5-10-22/h3-7,9-16,19,27-28,30,35H,8,17-18H2,1-2H3,(H,32,36)/t27-,28-/m1/s1. The van der Waals surface area contributed by atoms with Gasteiger partial charge in [-0.15, -0.1) is 0 Å². The Morgan fingerprint density at radius 2 is 1.75 bits per heavy atom. The van der Waals surface area contributed by atoms with Crippen LogP contribution in [0.25, 0.3) is 5.69 Å². The van der Waals surface area contributed by atoms with Gasteiger partial charge in [0.1, 0.15) is 5.75 Å². The third-order valence-electron chi connectivity index (χ3n) is 6.77. The van der Waals surface area contributed by atoms with Crippen LogP contribution in [0.4, 0.5) is 5.69 Å². The number of nitrogens with zero attached hydrogens (tertiary/aromatic N) is 3. The third-order valence-corrected chi connectivity index (χ3v) is 7.13. The lowest BCUT2D eigenvalue weighted by Crippen LogP contribution is -2.31. The van der Waals surface area contributed by atoms with Crippen molar-refractivity contribution in [3.05, 3.63) is 108 Å². The van der Waals surface area contributed by atoms with E-state index in [1.807, 2.05) is 48.7 Å². The molecule has 3 heterocycles. The van der Waals surface area contributed by atoms with Crippen molar-refractivity contribution in [1.29, 1.82) is 0 Å². The molecule has 184 valence electrons. The molecule has 7 heteroatoms. The summed E-state index contributed by atoms with van der Waals surface area (Å²) in [5.41, 5.74) is 6.64. The first kappa shape index (κ1) is 23.9. The smallest absolute Gasteiger partial charge is 0.170 e. The number of nitrogens with one attached hydrogen (secondary N) is 2. The molecule has 1 aliphatic heterocycles. The second-order valence-electron chi connectivity index (χ2n) is 9.14. The van der Waals surface area contributed by atoms with Crippen LogP contribution < -0.4 is 10.6 Å². The molecule has 2 atom stereocenters. The number of anilines is 1. The number of hydrogen-bond acceptors (Lipinski definition) is 4. The summed E-state index contributed by atoms with van der Waals surface area (Å²) in [6.07, 6.45) is 2.78. The highest BCUT2D eigenvalue weighted by Crippen LogP contribution is 2.41. The Balaban J connectivity index is 1.45. The minimum atomic E-state index is -0.0467. The first-order valence-electron chi connectivity index (χ1n) is 12.3. The van der Waals surface area contributed by atoms with Crippen LogP contribution in [0.15, 0.2) is 85.1 Å². The molecule has 3 N–H and O–H groups in total. The highest BCUT2D eigenvalue weighted by atomic mass is 32.1. The Morgan fingerprint density at radius 3 is 2.47 bits per heavy atom. The van der Waals surface area contributed by atoms with Crippen LogP contribution in [0.5, 0.6) is 5.75 Å². The lowest BCUT2D eigenvalue weighted by Gasteiger charge is -2.28. The number of benzene rings is 2. The second kappa shape index (κ2) is 10.4. The predicted octanol–water partition coefficient (Wildman–Crippen LogP) is 5.67. The van der Waals surface area contributed by atoms with Crippen molar-refractivity contribution in [2.24, 2.45) is 0 Å². The topological polar surface area (TPSA) is 65.4 Å². The van der Waals surface area contributed by atoms with Crippen LogP contribution in [0, 0.1) is 13.8 Å². The maximum Gasteiger partial charge on any atom is 0.170 e. The van der Waals surface area contributed by atoms with Crippen LogP contribution in [0.2, 0.25) is 0 Å². The van der Waals surface area contributed by atoms with Crippen molar-refractivity contribution >= 4 is 23.0 Å². The van der Waals surface area contributed by atoms with Gasteiger partial charge in [0.25, 0.3) is 0 Å². The molecule has 0 unspecified atom stereocenters. The summed E-state index contributed by atoms with van der Waals surface area (Å²) < 4.78 is 2.24. The largest absolute Gasteiger partial charge is 0.508 e. The molecule has 0 saturated carbocycles. The molecule has 1 saturated heterocycles. The van der Waals surface area contributed by atoms with Gasteiger partial charge < -0.3 is 25.2 Å². The van der Waals surface area contributed by atoms with Crippen LogP contribution in [-0.4, -0.2) is 37.8 Å². The zero-order chi connectivity index (χ0) is 25.1. The van der Waals surface area contributed by atoms with E-state index in [0.717, 1.165) is 53.1 Å². The molecule has 0 spiro atoms. The quantitative estimate of drug-likeness (QED) is 0.215. The van der Waals surface area contributed by atoms with E-state index in [1.54, 1.807) is 12.1 Å². The molecule has 4 aromatic rings. The summed E-state index contributed by atoms with van der Waals surface area (Å²) in [5.74, 6) is 0.261. The van der Waals surface area contributed by atoms with Crippen molar-refractivity contribution in [2.45, 2.75) is 32.4 Å². The number of aromatic hydroxyl groups is 1. The number of phenolic OH excluding ortho intramolecular Hbond substituents is 1. The van der Waals surface area contributed by atoms with E-state index in [0.29, 0.717) is 0 Å². The van der Waals surface area contributed by atoms with E-state index in [2.05, 4.69) is 63.2 Å². The Morgan fingerprint density at radius 1 is 1.00 bits per heavy atom. The normalized spacial score (nSPS) is 17.3. The minimum Gasteiger partial charge on any atom is -0.508 e. The van der Waals surface area contributed by atoms with Gasteiger partial charge in [0.05, 0.1) is 17.8 Å². The summed E-state index contributed by atoms with van der Waals surface area (Å²) in [7, 11) is 0. The van der Waals surface area contributed by atoms with E-state index in [1.165, 1.54) is 5.56 Å². The molecular weight excluding hydrogens is 466 g/mol. The van der Waals surface area contributed by atoms with E-state index < -0.39 is 0 Å². The van der Waals surface area contributed by atoms with Crippen molar-refractivity contribution in [2.75, 3.05) is 18.4 Å². The van der Waals surface area contributed by atoms with Gasteiger partial charge in [0.15, 0.2) is 5.11 Å². The van der Waals surface area contributed by atoms with Crippen LogP contribution in [0.3, 0.4) is 0 Å². The number of phenols is 1. The van der Waals surface area contributed by atoms with E-state index >= 15 is 0 Å². The Hall–Kier alpha value is -3.84. The summed E-state index contributed by atoms with van der Waals surface area (Å²) in [4.78, 5) is 6.98. The first-order chi connectivity index (χ1) is 17.5. The molecule has 2 aromatic carbocycles. The molecular formula is C29H31N5OS. The van der Waals surface area contributed by atoms with Gasteiger partial charge in [-0.2, -0.15) is 0 Å². The third kappa shape index (κ3) is 4.79. The molecule has 1 aliphatic rings. The fraction of sp³-hybridized carbons (Fsp3) is 0.241. The van der Waals surface area contributed by atoms with E-state index in [4.69, 9.17) is 12.2 Å². The number of pyridine rings is 1. The number of aryl methyl sites for hydroxylation is 1. The lowest BCUT2D eigenvalue weighted by molar-refractivity contribution is 0.315. The average molecular weight is 498 g/mol.